The van der Waals surface area contributed by atoms with Crippen molar-refractivity contribution in [3.05, 3.63) is 28.2 Å². The van der Waals surface area contributed by atoms with Crippen molar-refractivity contribution in [2.24, 2.45) is 5.73 Å². The summed E-state index contributed by atoms with van der Waals surface area (Å²) in [6, 6.07) is 1.49. The van der Waals surface area contributed by atoms with Crippen molar-refractivity contribution >= 4 is 17.2 Å². The van der Waals surface area contributed by atoms with Crippen LogP contribution in [0.5, 0.6) is 0 Å². The van der Waals surface area contributed by atoms with Crippen LogP contribution < -0.4 is 11.3 Å². The zero-order valence-corrected chi connectivity index (χ0v) is 7.47. The van der Waals surface area contributed by atoms with Gasteiger partial charge in [0.25, 0.3) is 5.56 Å². The Morgan fingerprint density at radius 3 is 3.00 bits per heavy atom. The number of nitrogens with two attached hydrogens (primary N) is 1. The standard InChI is InChI=1S/C7H9N3OS/c1-5-2-7(11)10(9-3-5)4-6(8)12/h2-3H,4H2,1H3,(H2,8,12). The Balaban J connectivity index is 3.02. The molecule has 0 amide bonds. The Labute approximate surface area is 75.0 Å². The van der Waals surface area contributed by atoms with E-state index in [9.17, 15) is 4.79 Å². The number of nitrogens with zero attached hydrogens (tertiary/aromatic N) is 2. The van der Waals surface area contributed by atoms with Gasteiger partial charge >= 0.3 is 0 Å². The highest BCUT2D eigenvalue weighted by Gasteiger charge is 1.97. The van der Waals surface area contributed by atoms with E-state index in [4.69, 9.17) is 5.73 Å². The van der Waals surface area contributed by atoms with Crippen molar-refractivity contribution in [2.75, 3.05) is 0 Å². The highest BCUT2D eigenvalue weighted by molar-refractivity contribution is 7.80. The van der Waals surface area contributed by atoms with Gasteiger partial charge in [0.1, 0.15) is 0 Å². The number of aromatic nitrogens is 2. The molecule has 0 saturated carbocycles. The van der Waals surface area contributed by atoms with Crippen LogP contribution in [0, 0.1) is 6.92 Å². The molecule has 0 fully saturated rings. The Bertz CT molecular complexity index is 358. The van der Waals surface area contributed by atoms with Gasteiger partial charge in [0.2, 0.25) is 0 Å². The quantitative estimate of drug-likeness (QED) is 0.647. The molecule has 0 unspecified atom stereocenters. The van der Waals surface area contributed by atoms with Gasteiger partial charge in [0.15, 0.2) is 0 Å². The summed E-state index contributed by atoms with van der Waals surface area (Å²) in [6.45, 7) is 2.01. The molecule has 0 saturated heterocycles. The fourth-order valence-electron chi connectivity index (χ4n) is 0.791. The monoisotopic (exact) mass is 183 g/mol. The van der Waals surface area contributed by atoms with Crippen molar-refractivity contribution in [1.29, 1.82) is 0 Å². The molecule has 1 heterocycles. The van der Waals surface area contributed by atoms with E-state index in [1.807, 2.05) is 0 Å². The van der Waals surface area contributed by atoms with Crippen LogP contribution in [0.3, 0.4) is 0 Å². The first kappa shape index (κ1) is 8.86. The lowest BCUT2D eigenvalue weighted by atomic mass is 10.3. The summed E-state index contributed by atoms with van der Waals surface area (Å²) in [6.07, 6.45) is 1.60. The lowest BCUT2D eigenvalue weighted by molar-refractivity contribution is 0.668. The Kier molecular flexibility index (Phi) is 2.54. The van der Waals surface area contributed by atoms with Crippen LogP contribution in [-0.2, 0) is 6.54 Å². The summed E-state index contributed by atoms with van der Waals surface area (Å²) < 4.78 is 1.23. The summed E-state index contributed by atoms with van der Waals surface area (Å²) >= 11 is 4.65. The molecular formula is C7H9N3OS. The fourth-order valence-corrected chi connectivity index (χ4v) is 0.913. The number of hydrogen-bond acceptors (Lipinski definition) is 3. The van der Waals surface area contributed by atoms with E-state index in [0.717, 1.165) is 5.56 Å². The molecule has 4 nitrogen and oxygen atoms in total. The molecule has 1 aromatic rings. The van der Waals surface area contributed by atoms with Gasteiger partial charge < -0.3 is 5.73 Å². The third-order valence-electron chi connectivity index (χ3n) is 1.31. The van der Waals surface area contributed by atoms with E-state index < -0.39 is 0 Å². The smallest absolute Gasteiger partial charge is 0.267 e. The van der Waals surface area contributed by atoms with Crippen LogP contribution in [0.15, 0.2) is 17.1 Å². The minimum atomic E-state index is -0.178. The van der Waals surface area contributed by atoms with Crippen LogP contribution in [-0.4, -0.2) is 14.8 Å². The summed E-state index contributed by atoms with van der Waals surface area (Å²) in [5.41, 5.74) is 5.92. The Morgan fingerprint density at radius 2 is 2.50 bits per heavy atom. The number of aryl methyl sites for hydroxylation is 1. The molecule has 5 heteroatoms. The summed E-state index contributed by atoms with van der Waals surface area (Å²) in [5.74, 6) is 0. The molecule has 1 rings (SSSR count). The summed E-state index contributed by atoms with van der Waals surface area (Å²) in [7, 11) is 0. The highest BCUT2D eigenvalue weighted by atomic mass is 32.1. The van der Waals surface area contributed by atoms with E-state index in [1.54, 1.807) is 13.1 Å². The van der Waals surface area contributed by atoms with Gasteiger partial charge in [0, 0.05) is 6.07 Å². The van der Waals surface area contributed by atoms with E-state index >= 15 is 0 Å². The zero-order chi connectivity index (χ0) is 9.14. The van der Waals surface area contributed by atoms with Crippen LogP contribution in [0.2, 0.25) is 0 Å². The second-order valence-corrected chi connectivity index (χ2v) is 3.02. The van der Waals surface area contributed by atoms with E-state index in [-0.39, 0.29) is 17.1 Å². The second kappa shape index (κ2) is 3.44. The van der Waals surface area contributed by atoms with Gasteiger partial charge in [-0.2, -0.15) is 5.10 Å². The van der Waals surface area contributed by atoms with Crippen molar-refractivity contribution < 1.29 is 0 Å². The minimum absolute atomic E-state index is 0.178. The number of hydrogen-bond donors (Lipinski definition) is 1. The second-order valence-electron chi connectivity index (χ2n) is 2.50. The molecule has 0 radical (unpaired) electrons. The van der Waals surface area contributed by atoms with E-state index in [0.29, 0.717) is 0 Å². The largest absolute Gasteiger partial charge is 0.392 e. The highest BCUT2D eigenvalue weighted by Crippen LogP contribution is 1.86. The Morgan fingerprint density at radius 1 is 1.83 bits per heavy atom. The maximum absolute atomic E-state index is 11.2. The van der Waals surface area contributed by atoms with Gasteiger partial charge in [-0.05, 0) is 12.5 Å². The van der Waals surface area contributed by atoms with Gasteiger partial charge in [-0.25, -0.2) is 4.68 Å². The molecule has 0 aliphatic heterocycles. The van der Waals surface area contributed by atoms with Crippen LogP contribution in [0.25, 0.3) is 0 Å². The zero-order valence-electron chi connectivity index (χ0n) is 6.65. The van der Waals surface area contributed by atoms with E-state index in [2.05, 4.69) is 17.3 Å². The molecule has 0 aromatic carbocycles. The maximum Gasteiger partial charge on any atom is 0.267 e. The molecule has 0 bridgehead atoms. The molecule has 12 heavy (non-hydrogen) atoms. The minimum Gasteiger partial charge on any atom is -0.392 e. The molecule has 0 atom stereocenters. The van der Waals surface area contributed by atoms with Crippen LogP contribution in [0.4, 0.5) is 0 Å². The van der Waals surface area contributed by atoms with Gasteiger partial charge in [-0.15, -0.1) is 0 Å². The SMILES string of the molecule is Cc1cnn(CC(N)=S)c(=O)c1. The molecule has 64 valence electrons. The van der Waals surface area contributed by atoms with E-state index in [1.165, 1.54) is 10.7 Å². The fraction of sp³-hybridized carbons (Fsp3) is 0.286. The molecule has 0 aliphatic carbocycles. The molecule has 0 aliphatic rings. The van der Waals surface area contributed by atoms with Crippen molar-refractivity contribution in [3.8, 4) is 0 Å². The lowest BCUT2D eigenvalue weighted by Crippen LogP contribution is -2.28. The maximum atomic E-state index is 11.2. The topological polar surface area (TPSA) is 60.9 Å². The predicted octanol–water partition coefficient (Wildman–Crippen LogP) is -0.162. The molecule has 2 N–H and O–H groups in total. The van der Waals surface area contributed by atoms with Gasteiger partial charge in [-0.3, -0.25) is 4.79 Å². The number of rotatable bonds is 2. The van der Waals surface area contributed by atoms with Crippen molar-refractivity contribution in [3.63, 3.8) is 0 Å². The predicted molar refractivity (Wildman–Crippen MR) is 50.0 cm³/mol. The normalized spacial score (nSPS) is 9.75. The summed E-state index contributed by atoms with van der Waals surface area (Å²) in [5, 5.41) is 3.85. The van der Waals surface area contributed by atoms with Crippen LogP contribution >= 0.6 is 12.2 Å². The third-order valence-corrected chi connectivity index (χ3v) is 1.44. The average molecular weight is 183 g/mol. The average Bonchev–Trinajstić information content (AvgIpc) is 1.94. The molecular weight excluding hydrogens is 174 g/mol. The van der Waals surface area contributed by atoms with Gasteiger partial charge in [0.05, 0.1) is 17.7 Å². The first-order valence-corrected chi connectivity index (χ1v) is 3.82. The van der Waals surface area contributed by atoms with Gasteiger partial charge in [-0.1, -0.05) is 12.2 Å². The van der Waals surface area contributed by atoms with Crippen molar-refractivity contribution in [1.82, 2.24) is 9.78 Å². The lowest BCUT2D eigenvalue weighted by Gasteiger charge is -2.01. The van der Waals surface area contributed by atoms with Crippen LogP contribution in [0.1, 0.15) is 5.56 Å². The number of thiocarbonyl (C=S) groups is 1. The Hall–Kier alpha value is -1.23. The first-order valence-electron chi connectivity index (χ1n) is 3.41. The summed E-state index contributed by atoms with van der Waals surface area (Å²) in [4.78, 5) is 11.4. The molecule has 1 aromatic heterocycles. The molecule has 0 spiro atoms. The first-order chi connectivity index (χ1) is 5.59. The third kappa shape index (κ3) is 2.13. The van der Waals surface area contributed by atoms with Crippen molar-refractivity contribution in [2.45, 2.75) is 13.5 Å².